The van der Waals surface area contributed by atoms with Gasteiger partial charge >= 0.3 is 0 Å². The van der Waals surface area contributed by atoms with Gasteiger partial charge < -0.3 is 15.4 Å². The van der Waals surface area contributed by atoms with Crippen molar-refractivity contribution in [1.29, 1.82) is 0 Å². The van der Waals surface area contributed by atoms with Crippen LogP contribution >= 0.6 is 24.0 Å². The molecule has 1 aliphatic heterocycles. The average molecular weight is 359 g/mol. The SMILES string of the molecule is CC1CC1C(NC(=O)CC1COCCN1)c1ccc(Cl)cc1.Cl. The zero-order valence-electron chi connectivity index (χ0n) is 13.3. The van der Waals surface area contributed by atoms with Crippen LogP contribution in [0.2, 0.25) is 5.02 Å². The fourth-order valence-corrected chi connectivity index (χ4v) is 3.26. The first kappa shape index (κ1) is 18.5. The second-order valence-electron chi connectivity index (χ2n) is 6.40. The lowest BCUT2D eigenvalue weighted by molar-refractivity contribution is -0.123. The molecule has 3 rings (SSSR count). The Labute approximate surface area is 148 Å². The van der Waals surface area contributed by atoms with Gasteiger partial charge in [0.15, 0.2) is 0 Å². The van der Waals surface area contributed by atoms with Gasteiger partial charge in [0.25, 0.3) is 0 Å². The van der Waals surface area contributed by atoms with Crippen molar-refractivity contribution in [2.24, 2.45) is 11.8 Å². The third-order valence-electron chi connectivity index (χ3n) is 4.58. The summed E-state index contributed by atoms with van der Waals surface area (Å²) in [7, 11) is 0. The van der Waals surface area contributed by atoms with Crippen LogP contribution in [0.1, 0.15) is 31.4 Å². The summed E-state index contributed by atoms with van der Waals surface area (Å²) >= 11 is 5.97. The molecule has 4 unspecified atom stereocenters. The zero-order chi connectivity index (χ0) is 15.5. The Morgan fingerprint density at radius 3 is 2.70 bits per heavy atom. The van der Waals surface area contributed by atoms with Crippen molar-refractivity contribution in [3.8, 4) is 0 Å². The van der Waals surface area contributed by atoms with E-state index in [2.05, 4.69) is 17.6 Å². The van der Waals surface area contributed by atoms with Gasteiger partial charge in [-0.25, -0.2) is 0 Å². The monoisotopic (exact) mass is 358 g/mol. The van der Waals surface area contributed by atoms with E-state index in [1.807, 2.05) is 24.3 Å². The van der Waals surface area contributed by atoms with E-state index in [0.29, 0.717) is 24.9 Å². The van der Waals surface area contributed by atoms with Crippen LogP contribution in [0.3, 0.4) is 0 Å². The molecule has 1 saturated carbocycles. The highest BCUT2D eigenvalue weighted by atomic mass is 35.5. The Morgan fingerprint density at radius 2 is 2.13 bits per heavy atom. The topological polar surface area (TPSA) is 50.4 Å². The van der Waals surface area contributed by atoms with Gasteiger partial charge in [0, 0.05) is 24.0 Å². The standard InChI is InChI=1S/C17H23ClN2O2.ClH/c1-11-8-15(11)17(12-2-4-13(18)5-3-12)20-16(21)9-14-10-22-7-6-19-14;/h2-5,11,14-15,17,19H,6-10H2,1H3,(H,20,21);1H. The number of ether oxygens (including phenoxy) is 1. The second kappa shape index (κ2) is 8.34. The molecule has 0 spiro atoms. The van der Waals surface area contributed by atoms with E-state index in [0.717, 1.165) is 23.7 Å². The van der Waals surface area contributed by atoms with Crippen molar-refractivity contribution in [2.75, 3.05) is 19.8 Å². The molecule has 2 fully saturated rings. The zero-order valence-corrected chi connectivity index (χ0v) is 14.8. The maximum absolute atomic E-state index is 12.4. The number of halogens is 2. The van der Waals surface area contributed by atoms with E-state index in [4.69, 9.17) is 16.3 Å². The van der Waals surface area contributed by atoms with E-state index >= 15 is 0 Å². The molecule has 4 nitrogen and oxygen atoms in total. The fourth-order valence-electron chi connectivity index (χ4n) is 3.13. The predicted molar refractivity (Wildman–Crippen MR) is 94.1 cm³/mol. The number of hydrogen-bond donors (Lipinski definition) is 2. The van der Waals surface area contributed by atoms with Crippen LogP contribution < -0.4 is 10.6 Å². The van der Waals surface area contributed by atoms with Crippen LogP contribution in [-0.4, -0.2) is 31.7 Å². The van der Waals surface area contributed by atoms with E-state index in [1.54, 1.807) is 0 Å². The predicted octanol–water partition coefficient (Wildman–Crippen LogP) is 2.95. The molecular weight excluding hydrogens is 335 g/mol. The second-order valence-corrected chi connectivity index (χ2v) is 6.84. The number of nitrogens with one attached hydrogen (secondary N) is 2. The summed E-state index contributed by atoms with van der Waals surface area (Å²) in [5.74, 6) is 1.28. The number of rotatable bonds is 5. The van der Waals surface area contributed by atoms with Gasteiger partial charge in [-0.2, -0.15) is 0 Å². The molecule has 0 aromatic heterocycles. The van der Waals surface area contributed by atoms with Crippen LogP contribution in [0, 0.1) is 11.8 Å². The number of carbonyl (C=O) groups excluding carboxylic acids is 1. The smallest absolute Gasteiger partial charge is 0.222 e. The average Bonchev–Trinajstić information content (AvgIpc) is 3.23. The summed E-state index contributed by atoms with van der Waals surface area (Å²) in [6.45, 7) is 4.39. The molecule has 0 radical (unpaired) electrons. The normalized spacial score (nSPS) is 27.7. The third-order valence-corrected chi connectivity index (χ3v) is 4.83. The van der Waals surface area contributed by atoms with Crippen molar-refractivity contribution in [2.45, 2.75) is 31.8 Å². The lowest BCUT2D eigenvalue weighted by Crippen LogP contribution is -2.44. The maximum atomic E-state index is 12.4. The Hall–Kier alpha value is -0.810. The lowest BCUT2D eigenvalue weighted by Gasteiger charge is -2.25. The first-order valence-electron chi connectivity index (χ1n) is 7.99. The Morgan fingerprint density at radius 1 is 1.43 bits per heavy atom. The van der Waals surface area contributed by atoms with Crippen LogP contribution in [0.25, 0.3) is 0 Å². The maximum Gasteiger partial charge on any atom is 0.222 e. The summed E-state index contributed by atoms with van der Waals surface area (Å²) in [5.41, 5.74) is 1.14. The lowest BCUT2D eigenvalue weighted by atomic mass is 10.0. The van der Waals surface area contributed by atoms with E-state index in [9.17, 15) is 4.79 Å². The Bertz CT molecular complexity index is 518. The number of benzene rings is 1. The molecule has 0 bridgehead atoms. The van der Waals surface area contributed by atoms with E-state index in [-0.39, 0.29) is 30.4 Å². The van der Waals surface area contributed by atoms with E-state index in [1.165, 1.54) is 6.42 Å². The third kappa shape index (κ3) is 5.08. The molecule has 1 aliphatic carbocycles. The molecule has 4 atom stereocenters. The number of amides is 1. The number of morpholine rings is 1. The molecule has 1 amide bonds. The van der Waals surface area contributed by atoms with Crippen LogP contribution in [-0.2, 0) is 9.53 Å². The van der Waals surface area contributed by atoms with Crippen LogP contribution in [0.15, 0.2) is 24.3 Å². The summed E-state index contributed by atoms with van der Waals surface area (Å²) in [4.78, 5) is 12.4. The van der Waals surface area contributed by atoms with Crippen molar-refractivity contribution in [3.63, 3.8) is 0 Å². The molecule has 1 heterocycles. The Kier molecular flexibility index (Phi) is 6.72. The van der Waals surface area contributed by atoms with Crippen molar-refractivity contribution in [1.82, 2.24) is 10.6 Å². The van der Waals surface area contributed by atoms with Crippen molar-refractivity contribution < 1.29 is 9.53 Å². The summed E-state index contributed by atoms with van der Waals surface area (Å²) in [5, 5.41) is 7.26. The minimum Gasteiger partial charge on any atom is -0.378 e. The molecule has 23 heavy (non-hydrogen) atoms. The highest BCUT2D eigenvalue weighted by Crippen LogP contribution is 2.47. The van der Waals surface area contributed by atoms with Gasteiger partial charge in [-0.15, -0.1) is 12.4 Å². The fraction of sp³-hybridized carbons (Fsp3) is 0.588. The largest absolute Gasteiger partial charge is 0.378 e. The summed E-state index contributed by atoms with van der Waals surface area (Å²) < 4.78 is 5.41. The van der Waals surface area contributed by atoms with Gasteiger partial charge in [0.05, 0.1) is 19.3 Å². The minimum atomic E-state index is 0. The van der Waals surface area contributed by atoms with Gasteiger partial charge in [-0.3, -0.25) is 4.79 Å². The molecule has 128 valence electrons. The van der Waals surface area contributed by atoms with Gasteiger partial charge in [0.1, 0.15) is 0 Å². The highest BCUT2D eigenvalue weighted by molar-refractivity contribution is 6.30. The molecule has 6 heteroatoms. The summed E-state index contributed by atoms with van der Waals surface area (Å²) in [6, 6.07) is 8.01. The molecule has 1 saturated heterocycles. The van der Waals surface area contributed by atoms with Crippen LogP contribution in [0.4, 0.5) is 0 Å². The molecular formula is C17H24Cl2N2O2. The molecule has 1 aromatic rings. The van der Waals surface area contributed by atoms with Crippen LogP contribution in [0.5, 0.6) is 0 Å². The minimum absolute atomic E-state index is 0. The van der Waals surface area contributed by atoms with Gasteiger partial charge in [0.2, 0.25) is 5.91 Å². The molecule has 2 N–H and O–H groups in total. The summed E-state index contributed by atoms with van der Waals surface area (Å²) in [6.07, 6.45) is 1.63. The molecule has 2 aliphatic rings. The van der Waals surface area contributed by atoms with E-state index < -0.39 is 0 Å². The number of carbonyl (C=O) groups is 1. The first-order chi connectivity index (χ1) is 10.6. The quantitative estimate of drug-likeness (QED) is 0.850. The number of hydrogen-bond acceptors (Lipinski definition) is 3. The van der Waals surface area contributed by atoms with Gasteiger partial charge in [-0.05, 0) is 36.0 Å². The molecule has 1 aromatic carbocycles. The Balaban J connectivity index is 0.00000192. The highest BCUT2D eigenvalue weighted by Gasteiger charge is 2.41. The van der Waals surface area contributed by atoms with Crippen molar-refractivity contribution >= 4 is 29.9 Å². The van der Waals surface area contributed by atoms with Crippen molar-refractivity contribution in [3.05, 3.63) is 34.9 Å². The van der Waals surface area contributed by atoms with Gasteiger partial charge in [-0.1, -0.05) is 30.7 Å². The first-order valence-corrected chi connectivity index (χ1v) is 8.37.